The van der Waals surface area contributed by atoms with Gasteiger partial charge in [-0.15, -0.1) is 11.3 Å². The summed E-state index contributed by atoms with van der Waals surface area (Å²) in [5, 5.41) is 10.5. The molecule has 0 amide bonds. The second kappa shape index (κ2) is 3.66. The lowest BCUT2D eigenvalue weighted by molar-refractivity contribution is 0.0696. The van der Waals surface area contributed by atoms with Gasteiger partial charge in [0, 0.05) is 11.4 Å². The van der Waals surface area contributed by atoms with Crippen LogP contribution in [0.5, 0.6) is 0 Å². The second-order valence-corrected chi connectivity index (χ2v) is 3.54. The summed E-state index contributed by atoms with van der Waals surface area (Å²) in [4.78, 5) is 28.4. The summed E-state index contributed by atoms with van der Waals surface area (Å²) in [6.45, 7) is 0. The van der Waals surface area contributed by atoms with Gasteiger partial charge in [-0.3, -0.25) is 4.79 Å². The first-order valence-electron chi connectivity index (χ1n) is 4.03. The molecule has 0 unspecified atom stereocenters. The first-order chi connectivity index (χ1) is 7.16. The highest BCUT2D eigenvalue weighted by Gasteiger charge is 2.08. The van der Waals surface area contributed by atoms with Crippen LogP contribution in [-0.4, -0.2) is 21.0 Å². The summed E-state index contributed by atoms with van der Waals surface area (Å²) < 4.78 is 0. The third kappa shape index (κ3) is 1.94. The molecule has 0 fully saturated rings. The van der Waals surface area contributed by atoms with Crippen molar-refractivity contribution in [1.29, 1.82) is 0 Å². The van der Waals surface area contributed by atoms with Gasteiger partial charge in [0.25, 0.3) is 0 Å². The zero-order valence-corrected chi connectivity index (χ0v) is 8.25. The summed E-state index contributed by atoms with van der Waals surface area (Å²) in [5.41, 5.74) is 2.11. The highest BCUT2D eigenvalue weighted by molar-refractivity contribution is 7.07. The molecule has 6 heteroatoms. The Labute approximate surface area is 88.1 Å². The number of nitrogens with one attached hydrogen (secondary N) is 1. The number of carbonyl (C=O) groups is 1. The molecular weight excluding hydrogens is 216 g/mol. The highest BCUT2D eigenvalue weighted by atomic mass is 32.1. The lowest BCUT2D eigenvalue weighted by Gasteiger charge is -1.98. The lowest BCUT2D eigenvalue weighted by atomic mass is 10.2. The standard InChI is InChI=1S/C9H6N2O3S/c12-8-2-5(9(13)14)1-6(11-8)7-3-15-4-10-7/h1-4H,(H,11,12)(H,13,14). The SMILES string of the molecule is O=C(O)c1cc(-c2cscn2)[nH]c(=O)c1. The van der Waals surface area contributed by atoms with Gasteiger partial charge in [0.2, 0.25) is 5.56 Å². The Balaban J connectivity index is 2.59. The minimum absolute atomic E-state index is 0.0400. The topological polar surface area (TPSA) is 83.0 Å². The molecule has 0 aliphatic rings. The summed E-state index contributed by atoms with van der Waals surface area (Å²) in [7, 11) is 0. The molecule has 2 N–H and O–H groups in total. The molecule has 2 aromatic heterocycles. The van der Waals surface area contributed by atoms with Gasteiger partial charge in [0.15, 0.2) is 0 Å². The number of pyridine rings is 1. The summed E-state index contributed by atoms with van der Waals surface area (Å²) in [6.07, 6.45) is 0. The van der Waals surface area contributed by atoms with Gasteiger partial charge in [0.05, 0.1) is 22.5 Å². The molecule has 0 saturated heterocycles. The number of aromatic amines is 1. The van der Waals surface area contributed by atoms with Crippen molar-refractivity contribution in [2.45, 2.75) is 0 Å². The Kier molecular flexibility index (Phi) is 2.34. The molecule has 0 aromatic carbocycles. The van der Waals surface area contributed by atoms with Gasteiger partial charge in [-0.05, 0) is 6.07 Å². The predicted octanol–water partition coefficient (Wildman–Crippen LogP) is 1.20. The number of aromatic nitrogens is 2. The first-order valence-corrected chi connectivity index (χ1v) is 4.97. The van der Waals surface area contributed by atoms with Crippen molar-refractivity contribution in [3.05, 3.63) is 38.9 Å². The van der Waals surface area contributed by atoms with Crippen LogP contribution in [0.3, 0.4) is 0 Å². The number of hydrogen-bond donors (Lipinski definition) is 2. The summed E-state index contributed by atoms with van der Waals surface area (Å²) in [6, 6.07) is 2.43. The fourth-order valence-electron chi connectivity index (χ4n) is 1.15. The molecule has 0 atom stereocenters. The fourth-order valence-corrected chi connectivity index (χ4v) is 1.70. The number of carboxylic acids is 1. The number of rotatable bonds is 2. The second-order valence-electron chi connectivity index (χ2n) is 2.83. The number of H-pyrrole nitrogens is 1. The zero-order chi connectivity index (χ0) is 10.8. The first kappa shape index (κ1) is 9.60. The molecule has 0 bridgehead atoms. The van der Waals surface area contributed by atoms with Crippen LogP contribution in [0.15, 0.2) is 27.8 Å². The molecule has 0 saturated carbocycles. The Morgan fingerprint density at radius 1 is 1.47 bits per heavy atom. The molecule has 0 radical (unpaired) electrons. The van der Waals surface area contributed by atoms with E-state index in [1.165, 1.54) is 17.4 Å². The molecule has 2 rings (SSSR count). The number of aromatic carboxylic acids is 1. The van der Waals surface area contributed by atoms with E-state index in [2.05, 4.69) is 9.97 Å². The molecule has 0 aliphatic carbocycles. The average Bonchev–Trinajstić information content (AvgIpc) is 2.69. The van der Waals surface area contributed by atoms with E-state index in [1.54, 1.807) is 10.9 Å². The van der Waals surface area contributed by atoms with E-state index >= 15 is 0 Å². The van der Waals surface area contributed by atoms with Crippen LogP contribution >= 0.6 is 11.3 Å². The fraction of sp³-hybridized carbons (Fsp3) is 0. The molecule has 0 aliphatic heterocycles. The zero-order valence-electron chi connectivity index (χ0n) is 7.43. The van der Waals surface area contributed by atoms with Crippen LogP contribution in [0.4, 0.5) is 0 Å². The largest absolute Gasteiger partial charge is 0.478 e. The number of thiazole rings is 1. The van der Waals surface area contributed by atoms with Crippen LogP contribution in [0.2, 0.25) is 0 Å². The highest BCUT2D eigenvalue weighted by Crippen LogP contribution is 2.16. The smallest absolute Gasteiger partial charge is 0.335 e. The van der Waals surface area contributed by atoms with Crippen LogP contribution in [0.1, 0.15) is 10.4 Å². The van der Waals surface area contributed by atoms with Gasteiger partial charge in [-0.25, -0.2) is 9.78 Å². The molecule has 2 aromatic rings. The van der Waals surface area contributed by atoms with Crippen molar-refractivity contribution in [3.8, 4) is 11.4 Å². The molecule has 0 spiro atoms. The minimum Gasteiger partial charge on any atom is -0.478 e. The Hall–Kier alpha value is -1.95. The van der Waals surface area contributed by atoms with Crippen molar-refractivity contribution < 1.29 is 9.90 Å². The van der Waals surface area contributed by atoms with Crippen LogP contribution < -0.4 is 5.56 Å². The van der Waals surface area contributed by atoms with Crippen molar-refractivity contribution in [1.82, 2.24) is 9.97 Å². The van der Waals surface area contributed by atoms with Gasteiger partial charge in [0.1, 0.15) is 0 Å². The monoisotopic (exact) mass is 222 g/mol. The van der Waals surface area contributed by atoms with Gasteiger partial charge in [-0.1, -0.05) is 0 Å². The van der Waals surface area contributed by atoms with Crippen molar-refractivity contribution >= 4 is 17.3 Å². The van der Waals surface area contributed by atoms with Crippen molar-refractivity contribution in [2.75, 3.05) is 0 Å². The maximum absolute atomic E-state index is 11.2. The Bertz CT molecular complexity index is 545. The van der Waals surface area contributed by atoms with E-state index in [4.69, 9.17) is 5.11 Å². The molecular formula is C9H6N2O3S. The van der Waals surface area contributed by atoms with E-state index in [-0.39, 0.29) is 5.56 Å². The lowest BCUT2D eigenvalue weighted by Crippen LogP contribution is -2.10. The van der Waals surface area contributed by atoms with E-state index in [1.807, 2.05) is 0 Å². The maximum Gasteiger partial charge on any atom is 0.335 e. The van der Waals surface area contributed by atoms with Crippen LogP contribution in [0.25, 0.3) is 11.4 Å². The summed E-state index contributed by atoms with van der Waals surface area (Å²) in [5.74, 6) is -1.13. The van der Waals surface area contributed by atoms with Gasteiger partial charge < -0.3 is 10.1 Å². The van der Waals surface area contributed by atoms with Crippen LogP contribution in [-0.2, 0) is 0 Å². The third-order valence-electron chi connectivity index (χ3n) is 1.80. The van der Waals surface area contributed by atoms with E-state index < -0.39 is 11.5 Å². The quantitative estimate of drug-likeness (QED) is 0.799. The Morgan fingerprint density at radius 3 is 2.87 bits per heavy atom. The van der Waals surface area contributed by atoms with E-state index in [0.29, 0.717) is 11.4 Å². The molecule has 5 nitrogen and oxygen atoms in total. The van der Waals surface area contributed by atoms with Crippen molar-refractivity contribution in [2.24, 2.45) is 0 Å². The Morgan fingerprint density at radius 2 is 2.27 bits per heavy atom. The van der Waals surface area contributed by atoms with Gasteiger partial charge in [-0.2, -0.15) is 0 Å². The molecule has 2 heterocycles. The molecule has 15 heavy (non-hydrogen) atoms. The number of nitrogens with zero attached hydrogens (tertiary/aromatic N) is 1. The van der Waals surface area contributed by atoms with Crippen molar-refractivity contribution in [3.63, 3.8) is 0 Å². The van der Waals surface area contributed by atoms with E-state index in [9.17, 15) is 9.59 Å². The number of carboxylic acid groups (broad SMARTS) is 1. The van der Waals surface area contributed by atoms with E-state index in [0.717, 1.165) is 6.07 Å². The van der Waals surface area contributed by atoms with Gasteiger partial charge >= 0.3 is 5.97 Å². The third-order valence-corrected chi connectivity index (χ3v) is 2.39. The molecule has 76 valence electrons. The number of hydrogen-bond acceptors (Lipinski definition) is 4. The predicted molar refractivity (Wildman–Crippen MR) is 55.1 cm³/mol. The maximum atomic E-state index is 11.2. The normalized spacial score (nSPS) is 10.1. The summed E-state index contributed by atoms with van der Waals surface area (Å²) >= 11 is 1.37. The average molecular weight is 222 g/mol. The minimum atomic E-state index is -1.13. The van der Waals surface area contributed by atoms with Crippen LogP contribution in [0, 0.1) is 0 Å².